The Bertz CT molecular complexity index is 654. The maximum atomic E-state index is 11.4. The van der Waals surface area contributed by atoms with Crippen molar-refractivity contribution in [2.75, 3.05) is 5.32 Å². The molecule has 0 spiro atoms. The number of para-hydroxylation sites is 1. The van der Waals surface area contributed by atoms with Crippen molar-refractivity contribution in [2.45, 2.75) is 16.7 Å². The summed E-state index contributed by atoms with van der Waals surface area (Å²) in [6.45, 7) is 1.57. The van der Waals surface area contributed by atoms with Crippen LogP contribution >= 0.6 is 23.4 Å². The number of nitrogens with one attached hydrogen (secondary N) is 1. The van der Waals surface area contributed by atoms with Crippen LogP contribution in [0, 0.1) is 0 Å². The van der Waals surface area contributed by atoms with Crippen LogP contribution in [0.5, 0.6) is 0 Å². The van der Waals surface area contributed by atoms with Gasteiger partial charge >= 0.3 is 0 Å². The van der Waals surface area contributed by atoms with Gasteiger partial charge in [0.05, 0.1) is 16.4 Å². The Balaban J connectivity index is 2.09. The molecule has 1 heterocycles. The van der Waals surface area contributed by atoms with E-state index in [9.17, 15) is 4.79 Å². The van der Waals surface area contributed by atoms with Crippen LogP contribution in [0.3, 0.4) is 0 Å². The van der Waals surface area contributed by atoms with Crippen molar-refractivity contribution >= 4 is 40.5 Å². The minimum absolute atomic E-state index is 0.0644. The number of hydrogen-bond acceptors (Lipinski definition) is 3. The van der Waals surface area contributed by atoms with E-state index >= 15 is 0 Å². The molecular weight excluding hydrogens is 266 g/mol. The lowest BCUT2D eigenvalue weighted by Crippen LogP contribution is -2.02. The lowest BCUT2D eigenvalue weighted by Gasteiger charge is -2.22. The molecule has 0 bridgehead atoms. The van der Waals surface area contributed by atoms with Crippen LogP contribution in [0.15, 0.2) is 46.2 Å². The highest BCUT2D eigenvalue weighted by atomic mass is 35.5. The second kappa shape index (κ2) is 4.34. The van der Waals surface area contributed by atoms with Crippen LogP contribution in [-0.4, -0.2) is 5.78 Å². The zero-order valence-corrected chi connectivity index (χ0v) is 11.2. The van der Waals surface area contributed by atoms with Crippen molar-refractivity contribution in [3.05, 3.63) is 47.0 Å². The number of benzene rings is 2. The molecule has 1 aliphatic heterocycles. The molecule has 2 aromatic carbocycles. The summed E-state index contributed by atoms with van der Waals surface area (Å²) in [7, 11) is 0. The third-order valence-electron chi connectivity index (χ3n) is 2.84. The highest BCUT2D eigenvalue weighted by Crippen LogP contribution is 2.46. The van der Waals surface area contributed by atoms with Crippen molar-refractivity contribution in [1.29, 1.82) is 0 Å². The summed E-state index contributed by atoms with van der Waals surface area (Å²) in [6, 6.07) is 11.5. The quantitative estimate of drug-likeness (QED) is 0.650. The number of carbonyl (C=O) groups is 1. The first-order valence-electron chi connectivity index (χ1n) is 5.53. The minimum Gasteiger partial charge on any atom is -0.352 e. The second-order valence-corrected chi connectivity index (χ2v) is 5.60. The highest BCUT2D eigenvalue weighted by Gasteiger charge is 2.18. The van der Waals surface area contributed by atoms with E-state index < -0.39 is 0 Å². The number of rotatable bonds is 1. The Kier molecular flexibility index (Phi) is 2.80. The Morgan fingerprint density at radius 2 is 2.06 bits per heavy atom. The van der Waals surface area contributed by atoms with Crippen LogP contribution in [0.4, 0.5) is 11.4 Å². The van der Waals surface area contributed by atoms with Gasteiger partial charge in [-0.25, -0.2) is 0 Å². The van der Waals surface area contributed by atoms with Crippen molar-refractivity contribution < 1.29 is 4.79 Å². The summed E-state index contributed by atoms with van der Waals surface area (Å²) >= 11 is 7.83. The van der Waals surface area contributed by atoms with Gasteiger partial charge < -0.3 is 5.32 Å². The molecule has 0 saturated heterocycles. The van der Waals surface area contributed by atoms with Crippen LogP contribution in [0.25, 0.3) is 0 Å². The van der Waals surface area contributed by atoms with E-state index in [1.807, 2.05) is 36.4 Å². The van der Waals surface area contributed by atoms with E-state index in [0.29, 0.717) is 10.6 Å². The minimum atomic E-state index is 0.0644. The largest absolute Gasteiger partial charge is 0.352 e. The van der Waals surface area contributed by atoms with Gasteiger partial charge in [-0.1, -0.05) is 35.5 Å². The molecule has 0 atom stereocenters. The smallest absolute Gasteiger partial charge is 0.159 e. The first-order chi connectivity index (χ1) is 8.65. The fraction of sp³-hybridized carbons (Fsp3) is 0.0714. The molecule has 1 N–H and O–H groups in total. The summed E-state index contributed by atoms with van der Waals surface area (Å²) in [5.74, 6) is 0.0644. The summed E-state index contributed by atoms with van der Waals surface area (Å²) in [6.07, 6.45) is 0. The topological polar surface area (TPSA) is 29.1 Å². The number of halogens is 1. The van der Waals surface area contributed by atoms with Crippen molar-refractivity contribution in [1.82, 2.24) is 0 Å². The van der Waals surface area contributed by atoms with E-state index in [1.165, 1.54) is 0 Å². The van der Waals surface area contributed by atoms with Crippen molar-refractivity contribution in [3.63, 3.8) is 0 Å². The molecule has 2 nitrogen and oxygen atoms in total. The monoisotopic (exact) mass is 275 g/mol. The fourth-order valence-corrected chi connectivity index (χ4v) is 3.18. The first kappa shape index (κ1) is 11.6. The summed E-state index contributed by atoms with van der Waals surface area (Å²) in [5.41, 5.74) is 2.56. The summed E-state index contributed by atoms with van der Waals surface area (Å²) in [5, 5.41) is 3.99. The molecule has 0 amide bonds. The third-order valence-corrected chi connectivity index (χ3v) is 4.29. The van der Waals surface area contributed by atoms with E-state index in [4.69, 9.17) is 11.6 Å². The molecule has 1 aliphatic rings. The van der Waals surface area contributed by atoms with Crippen LogP contribution in [0.2, 0.25) is 5.02 Å². The Morgan fingerprint density at radius 1 is 1.22 bits per heavy atom. The molecule has 0 aliphatic carbocycles. The van der Waals surface area contributed by atoms with E-state index in [1.54, 1.807) is 18.7 Å². The maximum Gasteiger partial charge on any atom is 0.159 e. The van der Waals surface area contributed by atoms with Crippen LogP contribution in [-0.2, 0) is 0 Å². The average molecular weight is 276 g/mol. The fourth-order valence-electron chi connectivity index (χ4n) is 1.90. The average Bonchev–Trinajstić information content (AvgIpc) is 2.36. The maximum absolute atomic E-state index is 11.4. The highest BCUT2D eigenvalue weighted by molar-refractivity contribution is 7.99. The van der Waals surface area contributed by atoms with Gasteiger partial charge in [-0.05, 0) is 31.2 Å². The summed E-state index contributed by atoms with van der Waals surface area (Å²) in [4.78, 5) is 13.6. The molecule has 0 radical (unpaired) electrons. The molecule has 18 heavy (non-hydrogen) atoms. The normalized spacial score (nSPS) is 12.3. The Morgan fingerprint density at radius 3 is 2.83 bits per heavy atom. The van der Waals surface area contributed by atoms with Crippen LogP contribution < -0.4 is 5.32 Å². The SMILES string of the molecule is CC(=O)c1ccc2c(c1)Nc1c(Cl)cccc1S2. The lowest BCUT2D eigenvalue weighted by molar-refractivity contribution is 0.101. The summed E-state index contributed by atoms with van der Waals surface area (Å²) < 4.78 is 0. The zero-order valence-electron chi connectivity index (χ0n) is 9.66. The molecule has 3 rings (SSSR count). The molecule has 90 valence electrons. The van der Waals surface area contributed by atoms with Crippen molar-refractivity contribution in [2.24, 2.45) is 0 Å². The molecule has 2 aromatic rings. The van der Waals surface area contributed by atoms with Crippen molar-refractivity contribution in [3.8, 4) is 0 Å². The van der Waals surface area contributed by atoms with Gasteiger partial charge in [0, 0.05) is 15.4 Å². The van der Waals surface area contributed by atoms with Gasteiger partial charge in [0.1, 0.15) is 0 Å². The standard InChI is InChI=1S/C14H10ClNOS/c1-8(17)9-5-6-12-11(7-9)16-14-10(15)3-2-4-13(14)18-12/h2-7,16H,1H3. The predicted octanol–water partition coefficient (Wildman–Crippen LogP) is 4.75. The van der Waals surface area contributed by atoms with E-state index in [0.717, 1.165) is 21.2 Å². The molecular formula is C14H10ClNOS. The third kappa shape index (κ3) is 1.89. The first-order valence-corrected chi connectivity index (χ1v) is 6.73. The Hall–Kier alpha value is -1.45. The van der Waals surface area contributed by atoms with Gasteiger partial charge in [-0.15, -0.1) is 0 Å². The number of carbonyl (C=O) groups excluding carboxylic acids is 1. The molecule has 0 aromatic heterocycles. The number of Topliss-reactive ketones (excluding diaryl/α,β-unsaturated/α-hetero) is 1. The van der Waals surface area contributed by atoms with Gasteiger partial charge in [0.15, 0.2) is 5.78 Å². The van der Waals surface area contributed by atoms with Gasteiger partial charge in [-0.2, -0.15) is 0 Å². The zero-order chi connectivity index (χ0) is 12.7. The van der Waals surface area contributed by atoms with Gasteiger partial charge in [-0.3, -0.25) is 4.79 Å². The molecule has 4 heteroatoms. The lowest BCUT2D eigenvalue weighted by atomic mass is 10.1. The van der Waals surface area contributed by atoms with E-state index in [2.05, 4.69) is 5.32 Å². The number of fused-ring (bicyclic) bond motifs is 2. The molecule has 0 unspecified atom stereocenters. The van der Waals surface area contributed by atoms with E-state index in [-0.39, 0.29) is 5.78 Å². The number of ketones is 1. The predicted molar refractivity (Wildman–Crippen MR) is 75.3 cm³/mol. The second-order valence-electron chi connectivity index (χ2n) is 4.11. The van der Waals surface area contributed by atoms with Gasteiger partial charge in [0.25, 0.3) is 0 Å². The molecule has 0 saturated carbocycles. The number of anilines is 2. The van der Waals surface area contributed by atoms with Gasteiger partial charge in [0.2, 0.25) is 0 Å². The van der Waals surface area contributed by atoms with Crippen LogP contribution in [0.1, 0.15) is 17.3 Å². The Labute approximate surface area is 114 Å². The number of hydrogen-bond donors (Lipinski definition) is 1. The molecule has 0 fully saturated rings.